The Balaban J connectivity index is 1.81. The number of allylic oxidation sites excluding steroid dienone is 1. The van der Waals surface area contributed by atoms with Gasteiger partial charge in [-0.05, 0) is 30.3 Å². The van der Waals surface area contributed by atoms with Crippen LogP contribution in [0.3, 0.4) is 0 Å². The number of thiazole rings is 1. The van der Waals surface area contributed by atoms with Crippen molar-refractivity contribution in [3.05, 3.63) is 69.2 Å². The van der Waals surface area contributed by atoms with E-state index in [0.29, 0.717) is 33.5 Å². The van der Waals surface area contributed by atoms with E-state index in [-0.39, 0.29) is 5.69 Å². The molecule has 2 aromatic carbocycles. The maximum absolute atomic E-state index is 10.7. The molecule has 0 unspecified atom stereocenters. The molecule has 0 saturated carbocycles. The van der Waals surface area contributed by atoms with Gasteiger partial charge in [0.15, 0.2) is 11.5 Å². The topological polar surface area (TPSA) is 110 Å². The van der Waals surface area contributed by atoms with E-state index >= 15 is 0 Å². The van der Waals surface area contributed by atoms with Crippen molar-refractivity contribution < 1.29 is 14.4 Å². The van der Waals surface area contributed by atoms with Crippen molar-refractivity contribution in [2.24, 2.45) is 0 Å². The van der Waals surface area contributed by atoms with Crippen molar-refractivity contribution in [3.63, 3.8) is 0 Å². The standard InChI is InChI=1S/C20H16N4O4S/c1-27-18-8-3-13(9-19(18)28-2)17-12-29-20(23-17)14(10-21)11-22-15-4-6-16(7-5-15)24(25)26/h3-9,11-12,22H,1-2H3/b14-11+. The van der Waals surface area contributed by atoms with Crippen molar-refractivity contribution in [3.8, 4) is 28.8 Å². The third kappa shape index (κ3) is 4.51. The summed E-state index contributed by atoms with van der Waals surface area (Å²) in [5, 5.41) is 25.6. The van der Waals surface area contributed by atoms with Crippen LogP contribution in [0.1, 0.15) is 5.01 Å². The highest BCUT2D eigenvalue weighted by Gasteiger charge is 2.12. The van der Waals surface area contributed by atoms with Gasteiger partial charge in [-0.1, -0.05) is 0 Å². The maximum atomic E-state index is 10.7. The number of ether oxygens (including phenoxy) is 2. The summed E-state index contributed by atoms with van der Waals surface area (Å²) < 4.78 is 10.6. The summed E-state index contributed by atoms with van der Waals surface area (Å²) in [7, 11) is 3.13. The van der Waals surface area contributed by atoms with Crippen LogP contribution < -0.4 is 14.8 Å². The molecule has 0 aliphatic rings. The molecule has 0 fully saturated rings. The van der Waals surface area contributed by atoms with Gasteiger partial charge in [0.05, 0.1) is 24.8 Å². The van der Waals surface area contributed by atoms with Crippen LogP contribution in [0.25, 0.3) is 16.8 Å². The van der Waals surface area contributed by atoms with Gasteiger partial charge in [-0.2, -0.15) is 5.26 Å². The van der Waals surface area contributed by atoms with Crippen LogP contribution in [-0.2, 0) is 0 Å². The molecule has 0 atom stereocenters. The number of nitrogens with one attached hydrogen (secondary N) is 1. The third-order valence-corrected chi connectivity index (χ3v) is 4.87. The number of aromatic nitrogens is 1. The number of hydrogen-bond acceptors (Lipinski definition) is 8. The Labute approximate surface area is 170 Å². The SMILES string of the molecule is COc1ccc(-c2csc(/C(C#N)=C/Nc3ccc([N+](=O)[O-])cc3)n2)cc1OC. The fourth-order valence-corrected chi connectivity index (χ4v) is 3.30. The molecule has 146 valence electrons. The number of hydrogen-bond donors (Lipinski definition) is 1. The molecule has 3 aromatic rings. The fraction of sp³-hybridized carbons (Fsp3) is 0.100. The first kappa shape index (κ1) is 19.9. The molecule has 0 amide bonds. The first-order chi connectivity index (χ1) is 14.0. The van der Waals surface area contributed by atoms with E-state index in [2.05, 4.69) is 16.4 Å². The molecule has 0 bridgehead atoms. The number of nitriles is 1. The first-order valence-corrected chi connectivity index (χ1v) is 9.23. The number of rotatable bonds is 7. The summed E-state index contributed by atoms with van der Waals surface area (Å²) in [5.74, 6) is 1.21. The van der Waals surface area contributed by atoms with E-state index in [9.17, 15) is 15.4 Å². The Morgan fingerprint density at radius 2 is 1.93 bits per heavy atom. The van der Waals surface area contributed by atoms with Gasteiger partial charge in [-0.25, -0.2) is 4.98 Å². The minimum absolute atomic E-state index is 0.000443. The van der Waals surface area contributed by atoms with E-state index in [1.807, 2.05) is 17.5 Å². The average molecular weight is 408 g/mol. The molecule has 0 spiro atoms. The zero-order valence-corrected chi connectivity index (χ0v) is 16.4. The predicted molar refractivity (Wildman–Crippen MR) is 111 cm³/mol. The van der Waals surface area contributed by atoms with Crippen molar-refractivity contribution in [1.82, 2.24) is 4.98 Å². The molecule has 9 heteroatoms. The van der Waals surface area contributed by atoms with Crippen LogP contribution in [0.15, 0.2) is 54.0 Å². The Kier molecular flexibility index (Phi) is 6.06. The van der Waals surface area contributed by atoms with E-state index in [1.165, 1.54) is 29.7 Å². The normalized spacial score (nSPS) is 10.9. The highest BCUT2D eigenvalue weighted by molar-refractivity contribution is 7.11. The van der Waals surface area contributed by atoms with Crippen molar-refractivity contribution in [2.45, 2.75) is 0 Å². The summed E-state index contributed by atoms with van der Waals surface area (Å²) in [5.41, 5.74) is 2.52. The van der Waals surface area contributed by atoms with E-state index < -0.39 is 4.92 Å². The zero-order chi connectivity index (χ0) is 20.8. The highest BCUT2D eigenvalue weighted by Crippen LogP contribution is 2.33. The number of benzene rings is 2. The highest BCUT2D eigenvalue weighted by atomic mass is 32.1. The van der Waals surface area contributed by atoms with Crippen LogP contribution in [-0.4, -0.2) is 24.1 Å². The molecule has 1 aromatic heterocycles. The molecule has 0 aliphatic carbocycles. The maximum Gasteiger partial charge on any atom is 0.269 e. The second kappa shape index (κ2) is 8.86. The van der Waals surface area contributed by atoms with Gasteiger partial charge < -0.3 is 14.8 Å². The molecule has 8 nitrogen and oxygen atoms in total. The number of anilines is 1. The molecule has 1 heterocycles. The van der Waals surface area contributed by atoms with E-state index in [0.717, 1.165) is 5.56 Å². The predicted octanol–water partition coefficient (Wildman–Crippen LogP) is 4.71. The molecule has 1 N–H and O–H groups in total. The third-order valence-electron chi connectivity index (χ3n) is 4.00. The quantitative estimate of drug-likeness (QED) is 0.342. The summed E-state index contributed by atoms with van der Waals surface area (Å²) >= 11 is 1.34. The minimum Gasteiger partial charge on any atom is -0.493 e. The van der Waals surface area contributed by atoms with Crippen molar-refractivity contribution in [2.75, 3.05) is 19.5 Å². The summed E-state index contributed by atoms with van der Waals surface area (Å²) in [6.45, 7) is 0. The smallest absolute Gasteiger partial charge is 0.269 e. The summed E-state index contributed by atoms with van der Waals surface area (Å²) in [6, 6.07) is 13.5. The lowest BCUT2D eigenvalue weighted by atomic mass is 10.1. The van der Waals surface area contributed by atoms with Crippen LogP contribution in [0, 0.1) is 21.4 Å². The first-order valence-electron chi connectivity index (χ1n) is 8.35. The number of nitro benzene ring substituents is 1. The number of non-ortho nitro benzene ring substituents is 1. The lowest BCUT2D eigenvalue weighted by Gasteiger charge is -2.08. The lowest BCUT2D eigenvalue weighted by molar-refractivity contribution is -0.384. The number of methoxy groups -OCH3 is 2. The minimum atomic E-state index is -0.467. The lowest BCUT2D eigenvalue weighted by Crippen LogP contribution is -1.93. The summed E-state index contributed by atoms with van der Waals surface area (Å²) in [6.07, 6.45) is 1.53. The molecular weight excluding hydrogens is 392 g/mol. The van der Waals surface area contributed by atoms with Gasteiger partial charge >= 0.3 is 0 Å². The number of nitro groups is 1. The van der Waals surface area contributed by atoms with Crippen molar-refractivity contribution in [1.29, 1.82) is 5.26 Å². The van der Waals surface area contributed by atoms with Gasteiger partial charge in [0.1, 0.15) is 16.6 Å². The molecule has 0 saturated heterocycles. The molecular formula is C20H16N4O4S. The molecule has 29 heavy (non-hydrogen) atoms. The Morgan fingerprint density at radius 3 is 2.55 bits per heavy atom. The van der Waals surface area contributed by atoms with Gasteiger partial charge in [0, 0.05) is 35.0 Å². The number of nitrogens with zero attached hydrogens (tertiary/aromatic N) is 3. The fourth-order valence-electron chi connectivity index (χ4n) is 2.50. The van der Waals surface area contributed by atoms with Crippen LogP contribution in [0.4, 0.5) is 11.4 Å². The van der Waals surface area contributed by atoms with Gasteiger partial charge in [-0.15, -0.1) is 11.3 Å². The Bertz CT molecular complexity index is 1100. The Hall–Kier alpha value is -3.90. The van der Waals surface area contributed by atoms with E-state index in [1.54, 1.807) is 32.4 Å². The molecule has 0 aliphatic heterocycles. The van der Waals surface area contributed by atoms with Crippen LogP contribution in [0.5, 0.6) is 11.5 Å². The van der Waals surface area contributed by atoms with Crippen LogP contribution in [0.2, 0.25) is 0 Å². The van der Waals surface area contributed by atoms with Crippen molar-refractivity contribution >= 4 is 28.3 Å². The van der Waals surface area contributed by atoms with Gasteiger partial charge in [0.25, 0.3) is 5.69 Å². The average Bonchev–Trinajstić information content (AvgIpc) is 3.24. The summed E-state index contributed by atoms with van der Waals surface area (Å²) in [4.78, 5) is 14.8. The van der Waals surface area contributed by atoms with Gasteiger partial charge in [0.2, 0.25) is 0 Å². The van der Waals surface area contributed by atoms with E-state index in [4.69, 9.17) is 9.47 Å². The second-order valence-electron chi connectivity index (χ2n) is 5.73. The zero-order valence-electron chi connectivity index (χ0n) is 15.6. The molecule has 0 radical (unpaired) electrons. The molecule has 3 rings (SSSR count). The van der Waals surface area contributed by atoms with Crippen LogP contribution >= 0.6 is 11.3 Å². The monoisotopic (exact) mass is 408 g/mol. The Morgan fingerprint density at radius 1 is 1.21 bits per heavy atom. The van der Waals surface area contributed by atoms with Gasteiger partial charge in [-0.3, -0.25) is 10.1 Å². The largest absolute Gasteiger partial charge is 0.493 e. The second-order valence-corrected chi connectivity index (χ2v) is 6.58.